The lowest BCUT2D eigenvalue weighted by Gasteiger charge is -2.35. The van der Waals surface area contributed by atoms with E-state index in [-0.39, 0.29) is 6.61 Å². The minimum absolute atomic E-state index is 0.236. The van der Waals surface area contributed by atoms with Gasteiger partial charge in [0.05, 0.1) is 6.61 Å². The number of nitrogens with zero attached hydrogens (tertiary/aromatic N) is 1. The van der Waals surface area contributed by atoms with E-state index in [1.54, 1.807) is 0 Å². The van der Waals surface area contributed by atoms with Gasteiger partial charge in [0.1, 0.15) is 5.75 Å². The molecule has 1 atom stereocenters. The van der Waals surface area contributed by atoms with E-state index >= 15 is 0 Å². The van der Waals surface area contributed by atoms with Crippen molar-refractivity contribution in [2.45, 2.75) is 52.6 Å². The zero-order valence-electron chi connectivity index (χ0n) is 14.9. The van der Waals surface area contributed by atoms with Gasteiger partial charge in [0.2, 0.25) is 0 Å². The second-order valence-electron chi connectivity index (χ2n) is 6.31. The van der Waals surface area contributed by atoms with Crippen molar-refractivity contribution in [2.24, 2.45) is 0 Å². The third-order valence-corrected chi connectivity index (χ3v) is 4.63. The Bertz CT molecular complexity index is 491. The van der Waals surface area contributed by atoms with E-state index in [2.05, 4.69) is 36.2 Å². The SMILES string of the molecule is CCCN1CCc2cc(CNCCCO)c(OCC)cc2C1C. The second kappa shape index (κ2) is 9.26. The topological polar surface area (TPSA) is 44.7 Å². The van der Waals surface area contributed by atoms with Crippen LogP contribution in [-0.2, 0) is 13.0 Å². The van der Waals surface area contributed by atoms with E-state index in [9.17, 15) is 0 Å². The minimum atomic E-state index is 0.236. The molecule has 0 bridgehead atoms. The Morgan fingerprint density at radius 2 is 2.17 bits per heavy atom. The quantitative estimate of drug-likeness (QED) is 0.687. The highest BCUT2D eigenvalue weighted by atomic mass is 16.5. The first-order chi connectivity index (χ1) is 11.2. The summed E-state index contributed by atoms with van der Waals surface area (Å²) in [5.74, 6) is 1.01. The number of ether oxygens (including phenoxy) is 1. The predicted octanol–water partition coefficient (Wildman–Crippen LogP) is 2.89. The third kappa shape index (κ3) is 4.69. The summed E-state index contributed by atoms with van der Waals surface area (Å²) < 4.78 is 5.90. The van der Waals surface area contributed by atoms with Gasteiger partial charge < -0.3 is 15.2 Å². The van der Waals surface area contributed by atoms with Crippen LogP contribution in [0.1, 0.15) is 56.3 Å². The van der Waals surface area contributed by atoms with Crippen LogP contribution in [0, 0.1) is 0 Å². The number of hydrogen-bond acceptors (Lipinski definition) is 4. The maximum atomic E-state index is 8.89. The van der Waals surface area contributed by atoms with Gasteiger partial charge in [-0.3, -0.25) is 4.90 Å². The first-order valence-electron chi connectivity index (χ1n) is 9.05. The summed E-state index contributed by atoms with van der Waals surface area (Å²) in [6.07, 6.45) is 3.11. The van der Waals surface area contributed by atoms with Crippen molar-refractivity contribution in [3.63, 3.8) is 0 Å². The van der Waals surface area contributed by atoms with E-state index in [0.717, 1.165) is 44.8 Å². The molecule has 0 aromatic heterocycles. The molecule has 0 spiro atoms. The van der Waals surface area contributed by atoms with Crippen LogP contribution in [0.3, 0.4) is 0 Å². The van der Waals surface area contributed by atoms with Gasteiger partial charge in [-0.1, -0.05) is 13.0 Å². The molecule has 0 fully saturated rings. The van der Waals surface area contributed by atoms with Crippen LogP contribution in [0.4, 0.5) is 0 Å². The average molecular weight is 320 g/mol. The highest BCUT2D eigenvalue weighted by Crippen LogP contribution is 2.34. The van der Waals surface area contributed by atoms with Gasteiger partial charge in [-0.15, -0.1) is 0 Å². The maximum absolute atomic E-state index is 8.89. The van der Waals surface area contributed by atoms with Crippen molar-refractivity contribution in [3.05, 3.63) is 28.8 Å². The van der Waals surface area contributed by atoms with Crippen molar-refractivity contribution < 1.29 is 9.84 Å². The largest absolute Gasteiger partial charge is 0.494 e. The molecule has 1 heterocycles. The monoisotopic (exact) mass is 320 g/mol. The van der Waals surface area contributed by atoms with Crippen LogP contribution in [0.2, 0.25) is 0 Å². The Morgan fingerprint density at radius 1 is 1.35 bits per heavy atom. The summed E-state index contributed by atoms with van der Waals surface area (Å²) in [7, 11) is 0. The van der Waals surface area contributed by atoms with Gasteiger partial charge in [-0.2, -0.15) is 0 Å². The lowest BCUT2D eigenvalue weighted by Crippen LogP contribution is -2.34. The molecule has 1 aliphatic rings. The molecule has 0 saturated carbocycles. The molecule has 0 saturated heterocycles. The molecule has 130 valence electrons. The fourth-order valence-corrected chi connectivity index (χ4v) is 3.40. The number of rotatable bonds is 9. The molecular formula is C19H32N2O2. The summed E-state index contributed by atoms with van der Waals surface area (Å²) in [5.41, 5.74) is 4.12. The minimum Gasteiger partial charge on any atom is -0.494 e. The zero-order chi connectivity index (χ0) is 16.7. The standard InChI is InChI=1S/C19H32N2O2/c1-4-9-21-10-7-16-12-17(14-20-8-6-11-22)19(23-5-2)13-18(16)15(21)3/h12-13,15,20,22H,4-11,14H2,1-3H3. The summed E-state index contributed by atoms with van der Waals surface area (Å²) >= 11 is 0. The smallest absolute Gasteiger partial charge is 0.124 e. The molecule has 0 amide bonds. The molecule has 2 rings (SSSR count). The Morgan fingerprint density at radius 3 is 2.87 bits per heavy atom. The lowest BCUT2D eigenvalue weighted by molar-refractivity contribution is 0.198. The Balaban J connectivity index is 2.18. The van der Waals surface area contributed by atoms with Crippen LogP contribution >= 0.6 is 0 Å². The average Bonchev–Trinajstić information content (AvgIpc) is 2.55. The molecule has 1 unspecified atom stereocenters. The molecule has 4 nitrogen and oxygen atoms in total. The van der Waals surface area contributed by atoms with E-state index in [4.69, 9.17) is 9.84 Å². The van der Waals surface area contributed by atoms with Crippen LogP contribution in [0.15, 0.2) is 12.1 Å². The Labute approximate surface area is 140 Å². The number of fused-ring (bicyclic) bond motifs is 1. The number of nitrogens with one attached hydrogen (secondary N) is 1. The summed E-state index contributed by atoms with van der Waals surface area (Å²) in [6.45, 7) is 11.5. The molecule has 1 aromatic rings. The second-order valence-corrected chi connectivity index (χ2v) is 6.31. The molecule has 0 radical (unpaired) electrons. The van der Waals surface area contributed by atoms with Crippen molar-refractivity contribution in [1.82, 2.24) is 10.2 Å². The van der Waals surface area contributed by atoms with Crippen molar-refractivity contribution in [2.75, 3.05) is 32.8 Å². The summed E-state index contributed by atoms with van der Waals surface area (Å²) in [4.78, 5) is 2.57. The van der Waals surface area contributed by atoms with Gasteiger partial charge in [-0.25, -0.2) is 0 Å². The molecule has 1 aliphatic heterocycles. The van der Waals surface area contributed by atoms with E-state index < -0.39 is 0 Å². The fourth-order valence-electron chi connectivity index (χ4n) is 3.40. The normalized spacial score (nSPS) is 18.0. The third-order valence-electron chi connectivity index (χ3n) is 4.63. The van der Waals surface area contributed by atoms with E-state index in [1.165, 1.54) is 23.1 Å². The Kier molecular flexibility index (Phi) is 7.34. The van der Waals surface area contributed by atoms with Crippen LogP contribution in [0.25, 0.3) is 0 Å². The highest BCUT2D eigenvalue weighted by molar-refractivity contribution is 5.45. The number of aliphatic hydroxyl groups excluding tert-OH is 1. The number of aliphatic hydroxyl groups is 1. The van der Waals surface area contributed by atoms with Gasteiger partial charge in [0, 0.05) is 31.3 Å². The van der Waals surface area contributed by atoms with Crippen molar-refractivity contribution in [1.29, 1.82) is 0 Å². The first kappa shape index (κ1) is 18.2. The van der Waals surface area contributed by atoms with Crippen molar-refractivity contribution in [3.8, 4) is 5.75 Å². The Hall–Kier alpha value is -1.10. The zero-order valence-corrected chi connectivity index (χ0v) is 14.9. The summed E-state index contributed by atoms with van der Waals surface area (Å²) in [6, 6.07) is 5.05. The molecule has 1 aromatic carbocycles. The summed E-state index contributed by atoms with van der Waals surface area (Å²) in [5, 5.41) is 12.3. The van der Waals surface area contributed by atoms with Gasteiger partial charge >= 0.3 is 0 Å². The van der Waals surface area contributed by atoms with E-state index in [1.807, 2.05) is 6.92 Å². The molecule has 2 N–H and O–H groups in total. The fraction of sp³-hybridized carbons (Fsp3) is 0.684. The van der Waals surface area contributed by atoms with Gasteiger partial charge in [0.25, 0.3) is 0 Å². The lowest BCUT2D eigenvalue weighted by atomic mass is 9.91. The van der Waals surface area contributed by atoms with Crippen LogP contribution in [-0.4, -0.2) is 42.9 Å². The molecular weight excluding hydrogens is 288 g/mol. The van der Waals surface area contributed by atoms with Crippen molar-refractivity contribution >= 4 is 0 Å². The number of benzene rings is 1. The highest BCUT2D eigenvalue weighted by Gasteiger charge is 2.24. The molecule has 0 aliphatic carbocycles. The molecule has 23 heavy (non-hydrogen) atoms. The van der Waals surface area contributed by atoms with E-state index in [0.29, 0.717) is 12.6 Å². The maximum Gasteiger partial charge on any atom is 0.124 e. The van der Waals surface area contributed by atoms with Crippen LogP contribution < -0.4 is 10.1 Å². The molecule has 4 heteroatoms. The number of hydrogen-bond donors (Lipinski definition) is 2. The van der Waals surface area contributed by atoms with Gasteiger partial charge in [-0.05, 0) is 63.4 Å². The van der Waals surface area contributed by atoms with Crippen LogP contribution in [0.5, 0.6) is 5.75 Å². The first-order valence-corrected chi connectivity index (χ1v) is 9.05. The predicted molar refractivity (Wildman–Crippen MR) is 95.0 cm³/mol. The van der Waals surface area contributed by atoms with Gasteiger partial charge in [0.15, 0.2) is 0 Å².